The Morgan fingerprint density at radius 2 is 0.893 bits per heavy atom. The Balaban J connectivity index is 0.655. The van der Waals surface area contributed by atoms with E-state index in [1.807, 2.05) is 51.1 Å². The molecule has 2 aliphatic heterocycles. The molecule has 16 heteroatoms. The third-order valence-electron chi connectivity index (χ3n) is 16.2. The van der Waals surface area contributed by atoms with Gasteiger partial charge in [0.1, 0.15) is 11.8 Å². The van der Waals surface area contributed by atoms with Gasteiger partial charge in [-0.2, -0.15) is 0 Å². The second-order valence-corrected chi connectivity index (χ2v) is 22.3. The Morgan fingerprint density at radius 1 is 0.429 bits per heavy atom. The van der Waals surface area contributed by atoms with Gasteiger partial charge in [0.2, 0.25) is 0 Å². The molecule has 0 saturated carbocycles. The number of aromatic nitrogens is 2. The van der Waals surface area contributed by atoms with Crippen LogP contribution in [-0.4, -0.2) is 105 Å². The number of ketones is 4. The molecule has 16 nitrogen and oxygen atoms in total. The highest BCUT2D eigenvalue weighted by Crippen LogP contribution is 2.43. The lowest BCUT2D eigenvalue weighted by molar-refractivity contribution is 0.0467. The first-order chi connectivity index (χ1) is 40.5. The Labute approximate surface area is 479 Å². The number of amides is 4. The molecule has 7 aromatic carbocycles. The number of carbonyl (C=O) groups excluding carboxylic acids is 10. The number of carbonyl (C=O) groups is 10. The summed E-state index contributed by atoms with van der Waals surface area (Å²) in [6.07, 6.45) is 0.274. The van der Waals surface area contributed by atoms with Gasteiger partial charge in [0, 0.05) is 46.1 Å². The number of Topliss-reactive ketones (excluding diaryl/α,β-unsaturated/α-hetero) is 4. The van der Waals surface area contributed by atoms with E-state index >= 15 is 0 Å². The van der Waals surface area contributed by atoms with Crippen molar-refractivity contribution in [3.8, 4) is 11.1 Å². The minimum atomic E-state index is -1.35. The van der Waals surface area contributed by atoms with Crippen molar-refractivity contribution in [1.82, 2.24) is 19.8 Å². The smallest absolute Gasteiger partial charge is 0.338 e. The zero-order valence-corrected chi connectivity index (χ0v) is 45.5. The Bertz CT molecular complexity index is 4460. The van der Waals surface area contributed by atoms with Crippen molar-refractivity contribution in [2.24, 2.45) is 0 Å². The quantitative estimate of drug-likeness (QED) is 0.0454. The molecule has 84 heavy (non-hydrogen) atoms. The van der Waals surface area contributed by atoms with Gasteiger partial charge in [0.25, 0.3) is 23.6 Å². The van der Waals surface area contributed by atoms with Crippen molar-refractivity contribution >= 4 is 91.3 Å². The number of benzene rings is 7. The molecule has 0 bridgehead atoms. The predicted octanol–water partition coefficient (Wildman–Crippen LogP) is 10.9. The van der Waals surface area contributed by atoms with E-state index in [-0.39, 0.29) is 112 Å². The fraction of sp³-hybridized carbons (Fsp3) is 0.176. The number of hydrogen-bond acceptors (Lipinski definition) is 14. The van der Waals surface area contributed by atoms with E-state index in [0.29, 0.717) is 44.1 Å². The first-order valence-electron chi connectivity index (χ1n) is 27.4. The number of imide groups is 2. The highest BCUT2D eigenvalue weighted by molar-refractivity contribution is 6.33. The number of esters is 2. The molecule has 13 rings (SSSR count). The van der Waals surface area contributed by atoms with E-state index in [2.05, 4.69) is 4.98 Å². The molecule has 9 aromatic rings. The van der Waals surface area contributed by atoms with Crippen molar-refractivity contribution < 1.29 is 57.4 Å². The van der Waals surface area contributed by atoms with Gasteiger partial charge < -0.3 is 9.47 Å². The first-order valence-corrected chi connectivity index (χ1v) is 27.4. The van der Waals surface area contributed by atoms with Crippen LogP contribution < -0.4 is 0 Å². The molecule has 0 spiro atoms. The predicted molar refractivity (Wildman–Crippen MR) is 308 cm³/mol. The third-order valence-corrected chi connectivity index (χ3v) is 16.2. The molecule has 0 saturated heterocycles. The Morgan fingerprint density at radius 3 is 1.45 bits per heavy atom. The van der Waals surface area contributed by atoms with E-state index < -0.39 is 59.0 Å². The topological polar surface area (TPSA) is 221 Å². The zero-order valence-electron chi connectivity index (χ0n) is 45.5. The standard InChI is InChI=1S/C68H48N4O12/c1-68(2,3)37-22-23-42-47(34-37)60(75)56(58(42)73)52-26-24-38-43(16-8-20-50(38)69-52)67(82)84-31-11-29-72-62(77)46-19-7-15-41(55(46)65(72)80)40-14-6-18-45-54(40)61(76)57(59(45)74)53-27-25-39-44(17-9-21-51(39)70-53)66(81)83-30-10-28-71-63(78)48-32-35-12-4-5-13-36(35)33-49(48)64(71)79/h4-9,12-27,32-34,56-57H,10-11,28-31H2,1-3H3. The molecule has 4 heterocycles. The average molecular weight is 1110 g/mol. The summed E-state index contributed by atoms with van der Waals surface area (Å²) in [6, 6.07) is 41.7. The van der Waals surface area contributed by atoms with Crippen molar-refractivity contribution in [3.05, 3.63) is 224 Å². The summed E-state index contributed by atoms with van der Waals surface area (Å²) in [7, 11) is 0. The molecule has 2 aromatic heterocycles. The average Bonchev–Trinajstić information content (AvgIpc) is 1.97. The number of rotatable bonds is 13. The van der Waals surface area contributed by atoms with Gasteiger partial charge in [-0.15, -0.1) is 0 Å². The van der Waals surface area contributed by atoms with Gasteiger partial charge >= 0.3 is 11.9 Å². The molecular formula is C68H48N4O12. The molecule has 2 atom stereocenters. The molecule has 2 aliphatic carbocycles. The normalized spacial score (nSPS) is 16.3. The van der Waals surface area contributed by atoms with E-state index in [4.69, 9.17) is 14.5 Å². The number of pyridine rings is 2. The van der Waals surface area contributed by atoms with Crippen LogP contribution in [0.25, 0.3) is 43.7 Å². The summed E-state index contributed by atoms with van der Waals surface area (Å²) < 4.78 is 11.3. The molecule has 0 fully saturated rings. The molecule has 2 unspecified atom stereocenters. The molecule has 0 radical (unpaired) electrons. The van der Waals surface area contributed by atoms with E-state index in [1.54, 1.807) is 103 Å². The second kappa shape index (κ2) is 20.2. The molecule has 0 N–H and O–H groups in total. The van der Waals surface area contributed by atoms with E-state index in [1.165, 1.54) is 18.2 Å². The number of fused-ring (bicyclic) bond motifs is 7. The third kappa shape index (κ3) is 8.59. The fourth-order valence-electron chi connectivity index (χ4n) is 12.0. The minimum absolute atomic E-state index is 0.0377. The highest BCUT2D eigenvalue weighted by Gasteiger charge is 2.45. The van der Waals surface area contributed by atoms with Crippen LogP contribution in [0.2, 0.25) is 0 Å². The summed E-state index contributed by atoms with van der Waals surface area (Å²) in [6.45, 7) is 5.76. The van der Waals surface area contributed by atoms with Crippen LogP contribution in [0.5, 0.6) is 0 Å². The van der Waals surface area contributed by atoms with Crippen LogP contribution >= 0.6 is 0 Å². The van der Waals surface area contributed by atoms with Crippen molar-refractivity contribution in [2.75, 3.05) is 26.3 Å². The summed E-state index contributed by atoms with van der Waals surface area (Å²) in [5, 5.41) is 2.53. The van der Waals surface area contributed by atoms with Crippen LogP contribution in [-0.2, 0) is 14.9 Å². The fourth-order valence-corrected chi connectivity index (χ4v) is 12.0. The molecule has 4 amide bonds. The van der Waals surface area contributed by atoms with Crippen molar-refractivity contribution in [1.29, 1.82) is 0 Å². The van der Waals surface area contributed by atoms with Gasteiger partial charge in [-0.3, -0.25) is 58.1 Å². The van der Waals surface area contributed by atoms with Crippen molar-refractivity contribution in [2.45, 2.75) is 50.9 Å². The SMILES string of the molecule is CC(C)(C)c1ccc2c(c1)C(=O)C(c1ccc3c(C(=O)OCCCN4C(=O)c5cccc(-c6cccc7c6C(=O)C(c6ccc8c(C(=O)OCCCN9C(=O)c%10cc%11ccccc%11cc%10C9=O)cccc8n6)C7=O)c5C4=O)cccc3n1)C2=O. The second-order valence-electron chi connectivity index (χ2n) is 22.3. The monoisotopic (exact) mass is 1110 g/mol. The number of hydrogen-bond donors (Lipinski definition) is 0. The number of ether oxygens (including phenoxy) is 2. The van der Waals surface area contributed by atoms with Gasteiger partial charge in [0.05, 0.1) is 69.0 Å². The van der Waals surface area contributed by atoms with Crippen LogP contribution in [0.4, 0.5) is 0 Å². The zero-order chi connectivity index (χ0) is 58.5. The van der Waals surface area contributed by atoms with Crippen LogP contribution in [0.1, 0.15) is 166 Å². The first kappa shape index (κ1) is 52.9. The lowest BCUT2D eigenvalue weighted by Crippen LogP contribution is -2.31. The maximum absolute atomic E-state index is 14.6. The maximum Gasteiger partial charge on any atom is 0.338 e. The lowest BCUT2D eigenvalue weighted by atomic mass is 9.85. The van der Waals surface area contributed by atoms with Crippen LogP contribution in [0.3, 0.4) is 0 Å². The summed E-state index contributed by atoms with van der Waals surface area (Å²) in [4.78, 5) is 149. The lowest BCUT2D eigenvalue weighted by Gasteiger charge is -2.19. The Hall–Kier alpha value is -10.5. The van der Waals surface area contributed by atoms with Crippen molar-refractivity contribution in [3.63, 3.8) is 0 Å². The maximum atomic E-state index is 14.6. The molecular weight excluding hydrogens is 1060 g/mol. The van der Waals surface area contributed by atoms with Gasteiger partial charge in [-0.05, 0) is 106 Å². The highest BCUT2D eigenvalue weighted by atomic mass is 16.5. The largest absolute Gasteiger partial charge is 0.462 e. The van der Waals surface area contributed by atoms with Gasteiger partial charge in [-0.1, -0.05) is 112 Å². The summed E-state index contributed by atoms with van der Waals surface area (Å²) in [5.41, 5.74) is 4.46. The van der Waals surface area contributed by atoms with E-state index in [9.17, 15) is 47.9 Å². The Kier molecular flexibility index (Phi) is 12.7. The van der Waals surface area contributed by atoms with Crippen LogP contribution in [0, 0.1) is 0 Å². The van der Waals surface area contributed by atoms with Crippen LogP contribution in [0.15, 0.2) is 152 Å². The summed E-state index contributed by atoms with van der Waals surface area (Å²) >= 11 is 0. The van der Waals surface area contributed by atoms with E-state index in [0.717, 1.165) is 26.1 Å². The summed E-state index contributed by atoms with van der Waals surface area (Å²) in [5.74, 6) is -7.59. The number of nitrogens with zero attached hydrogens (tertiary/aromatic N) is 4. The van der Waals surface area contributed by atoms with Gasteiger partial charge in [0.15, 0.2) is 23.1 Å². The molecule has 4 aliphatic rings. The molecule has 412 valence electrons. The minimum Gasteiger partial charge on any atom is -0.462 e. The van der Waals surface area contributed by atoms with Gasteiger partial charge in [-0.25, -0.2) is 9.59 Å².